The Bertz CT molecular complexity index is 485. The minimum atomic E-state index is -0.420. The summed E-state index contributed by atoms with van der Waals surface area (Å²) in [6, 6.07) is 1.59. The molecule has 6 nitrogen and oxygen atoms in total. The highest BCUT2D eigenvalue weighted by molar-refractivity contribution is 5.95. The summed E-state index contributed by atoms with van der Waals surface area (Å²) in [5, 5.41) is 3.23. The molecule has 0 radical (unpaired) electrons. The predicted octanol–water partition coefficient (Wildman–Crippen LogP) is 1.59. The third kappa shape index (κ3) is 4.32. The zero-order valence-electron chi connectivity index (χ0n) is 12.8. The van der Waals surface area contributed by atoms with Crippen LogP contribution < -0.4 is 11.1 Å². The molecule has 0 aliphatic carbocycles. The lowest BCUT2D eigenvalue weighted by Crippen LogP contribution is -2.31. The summed E-state index contributed by atoms with van der Waals surface area (Å²) in [6.45, 7) is 3.13. The van der Waals surface area contributed by atoms with E-state index in [9.17, 15) is 4.79 Å². The summed E-state index contributed by atoms with van der Waals surface area (Å²) in [7, 11) is 3.52. The van der Waals surface area contributed by atoms with Gasteiger partial charge in [-0.2, -0.15) is 0 Å². The molecule has 0 unspecified atom stereocenters. The van der Waals surface area contributed by atoms with Gasteiger partial charge in [-0.25, -0.2) is 9.78 Å². The van der Waals surface area contributed by atoms with Crippen molar-refractivity contribution in [2.45, 2.75) is 19.3 Å². The first-order valence-electron chi connectivity index (χ1n) is 7.36. The number of nitrogens with two attached hydrogens (primary N) is 1. The Morgan fingerprint density at radius 2 is 2.24 bits per heavy atom. The van der Waals surface area contributed by atoms with Gasteiger partial charge in [-0.1, -0.05) is 0 Å². The molecule has 1 aromatic heterocycles. The maximum absolute atomic E-state index is 11.7. The topological polar surface area (TPSA) is 80.5 Å². The van der Waals surface area contributed by atoms with Crippen molar-refractivity contribution in [1.82, 2.24) is 9.88 Å². The number of methoxy groups -OCH3 is 1. The molecule has 0 spiro atoms. The number of aromatic nitrogens is 1. The first-order chi connectivity index (χ1) is 10.1. The second kappa shape index (κ2) is 7.26. The van der Waals surface area contributed by atoms with E-state index in [4.69, 9.17) is 10.5 Å². The molecule has 0 saturated carbocycles. The lowest BCUT2D eigenvalue weighted by Gasteiger charge is -2.29. The molecular formula is C15H24N4O2. The van der Waals surface area contributed by atoms with E-state index in [1.807, 2.05) is 0 Å². The molecular weight excluding hydrogens is 268 g/mol. The number of carbonyl (C=O) groups excluding carboxylic acids is 1. The molecule has 6 heteroatoms. The van der Waals surface area contributed by atoms with Gasteiger partial charge in [0, 0.05) is 6.54 Å². The molecule has 1 aliphatic heterocycles. The van der Waals surface area contributed by atoms with Crippen molar-refractivity contribution in [2.24, 2.45) is 5.92 Å². The van der Waals surface area contributed by atoms with Gasteiger partial charge in [-0.05, 0) is 51.4 Å². The van der Waals surface area contributed by atoms with Gasteiger partial charge in [0.2, 0.25) is 0 Å². The number of nitrogens with one attached hydrogen (secondary N) is 1. The standard InChI is InChI=1S/C15H24N4O2/c1-19-7-4-11(5-8-19)3-6-17-14-13(15(20)21-2)9-12(16)10-18-14/h9-11H,3-8,16H2,1-2H3,(H,17,18). The van der Waals surface area contributed by atoms with Crippen molar-refractivity contribution in [3.63, 3.8) is 0 Å². The SMILES string of the molecule is COC(=O)c1cc(N)cnc1NCCC1CCN(C)CC1. The summed E-state index contributed by atoms with van der Waals surface area (Å²) < 4.78 is 4.76. The smallest absolute Gasteiger partial charge is 0.341 e. The van der Waals surface area contributed by atoms with E-state index < -0.39 is 5.97 Å². The highest BCUT2D eigenvalue weighted by atomic mass is 16.5. The van der Waals surface area contributed by atoms with Gasteiger partial charge in [0.15, 0.2) is 0 Å². The van der Waals surface area contributed by atoms with Crippen LogP contribution in [0.4, 0.5) is 11.5 Å². The number of carbonyl (C=O) groups is 1. The zero-order valence-corrected chi connectivity index (χ0v) is 12.8. The van der Waals surface area contributed by atoms with E-state index in [1.54, 1.807) is 12.3 Å². The van der Waals surface area contributed by atoms with Crippen molar-refractivity contribution >= 4 is 17.5 Å². The summed E-state index contributed by atoms with van der Waals surface area (Å²) in [6.07, 6.45) is 5.10. The summed E-state index contributed by atoms with van der Waals surface area (Å²) >= 11 is 0. The number of piperidine rings is 1. The zero-order chi connectivity index (χ0) is 15.2. The van der Waals surface area contributed by atoms with E-state index in [0.29, 0.717) is 17.1 Å². The van der Waals surface area contributed by atoms with E-state index in [-0.39, 0.29) is 0 Å². The molecule has 1 fully saturated rings. The second-order valence-electron chi connectivity index (χ2n) is 5.62. The lowest BCUT2D eigenvalue weighted by molar-refractivity contribution is 0.0601. The Labute approximate surface area is 125 Å². The number of hydrogen-bond acceptors (Lipinski definition) is 6. The van der Waals surface area contributed by atoms with Gasteiger partial charge in [0.05, 0.1) is 19.0 Å². The number of nitrogens with zero attached hydrogens (tertiary/aromatic N) is 2. The minimum absolute atomic E-state index is 0.390. The van der Waals surface area contributed by atoms with Crippen LogP contribution in [0.1, 0.15) is 29.6 Å². The van der Waals surface area contributed by atoms with Gasteiger partial charge in [0.1, 0.15) is 11.4 Å². The van der Waals surface area contributed by atoms with Crippen LogP contribution in [0.3, 0.4) is 0 Å². The average Bonchev–Trinajstić information content (AvgIpc) is 2.50. The summed E-state index contributed by atoms with van der Waals surface area (Å²) in [5.74, 6) is 0.865. The monoisotopic (exact) mass is 292 g/mol. The number of rotatable bonds is 5. The van der Waals surface area contributed by atoms with Crippen LogP contribution in [0, 0.1) is 5.92 Å². The van der Waals surface area contributed by atoms with E-state index in [1.165, 1.54) is 20.0 Å². The molecule has 116 valence electrons. The first-order valence-corrected chi connectivity index (χ1v) is 7.36. The largest absolute Gasteiger partial charge is 0.465 e. The number of esters is 1. The molecule has 0 aromatic carbocycles. The number of nitrogen functional groups attached to an aromatic ring is 1. The van der Waals surface area contributed by atoms with Crippen molar-refractivity contribution in [3.8, 4) is 0 Å². The minimum Gasteiger partial charge on any atom is -0.465 e. The Balaban J connectivity index is 1.89. The van der Waals surface area contributed by atoms with Crippen molar-refractivity contribution < 1.29 is 9.53 Å². The molecule has 1 saturated heterocycles. The number of ether oxygens (including phenoxy) is 1. The summed E-state index contributed by atoms with van der Waals surface area (Å²) in [5.41, 5.74) is 6.52. The van der Waals surface area contributed by atoms with Crippen molar-refractivity contribution in [2.75, 3.05) is 44.8 Å². The van der Waals surface area contributed by atoms with E-state index in [2.05, 4.69) is 22.2 Å². The van der Waals surface area contributed by atoms with Gasteiger partial charge >= 0.3 is 5.97 Å². The van der Waals surface area contributed by atoms with Crippen molar-refractivity contribution in [3.05, 3.63) is 17.8 Å². The molecule has 21 heavy (non-hydrogen) atoms. The predicted molar refractivity (Wildman–Crippen MR) is 83.3 cm³/mol. The molecule has 1 aliphatic rings. The maximum Gasteiger partial charge on any atom is 0.341 e. The fraction of sp³-hybridized carbons (Fsp3) is 0.600. The molecule has 2 heterocycles. The Morgan fingerprint density at radius 3 is 2.90 bits per heavy atom. The normalized spacial score (nSPS) is 16.7. The molecule has 2 rings (SSSR count). The average molecular weight is 292 g/mol. The van der Waals surface area contributed by atoms with E-state index in [0.717, 1.165) is 32.0 Å². The van der Waals surface area contributed by atoms with Crippen LogP contribution in [-0.4, -0.2) is 49.6 Å². The lowest BCUT2D eigenvalue weighted by atomic mass is 9.94. The van der Waals surface area contributed by atoms with Crippen LogP contribution in [0.2, 0.25) is 0 Å². The highest BCUT2D eigenvalue weighted by Gasteiger charge is 2.17. The van der Waals surface area contributed by atoms with Crippen LogP contribution in [0.25, 0.3) is 0 Å². The van der Waals surface area contributed by atoms with Gasteiger partial charge in [-0.15, -0.1) is 0 Å². The third-order valence-corrected chi connectivity index (χ3v) is 4.00. The fourth-order valence-electron chi connectivity index (χ4n) is 2.63. The van der Waals surface area contributed by atoms with Crippen LogP contribution in [-0.2, 0) is 4.74 Å². The van der Waals surface area contributed by atoms with Gasteiger partial charge in [-0.3, -0.25) is 0 Å². The van der Waals surface area contributed by atoms with Gasteiger partial charge < -0.3 is 20.7 Å². The third-order valence-electron chi connectivity index (χ3n) is 4.00. The number of likely N-dealkylation sites (tertiary alicyclic amines) is 1. The van der Waals surface area contributed by atoms with E-state index >= 15 is 0 Å². The molecule has 1 aromatic rings. The number of pyridine rings is 1. The molecule has 3 N–H and O–H groups in total. The molecule has 0 bridgehead atoms. The quantitative estimate of drug-likeness (QED) is 0.802. The fourth-order valence-corrected chi connectivity index (χ4v) is 2.63. The second-order valence-corrected chi connectivity index (χ2v) is 5.62. The van der Waals surface area contributed by atoms with Crippen molar-refractivity contribution in [1.29, 1.82) is 0 Å². The Morgan fingerprint density at radius 1 is 1.52 bits per heavy atom. The molecule has 0 atom stereocenters. The Hall–Kier alpha value is -1.82. The highest BCUT2D eigenvalue weighted by Crippen LogP contribution is 2.21. The molecule has 0 amide bonds. The Kier molecular flexibility index (Phi) is 5.38. The summed E-state index contributed by atoms with van der Waals surface area (Å²) in [4.78, 5) is 18.3. The first kappa shape index (κ1) is 15.6. The van der Waals surface area contributed by atoms with Crippen LogP contribution >= 0.6 is 0 Å². The van der Waals surface area contributed by atoms with Gasteiger partial charge in [0.25, 0.3) is 0 Å². The van der Waals surface area contributed by atoms with Crippen LogP contribution in [0.5, 0.6) is 0 Å². The number of anilines is 2. The van der Waals surface area contributed by atoms with Crippen LogP contribution in [0.15, 0.2) is 12.3 Å². The maximum atomic E-state index is 11.7. The number of hydrogen-bond donors (Lipinski definition) is 2.